The average Bonchev–Trinajstić information content (AvgIpc) is 3.20. The van der Waals surface area contributed by atoms with Crippen LogP contribution in [0.1, 0.15) is 148 Å². The first-order valence-electron chi connectivity index (χ1n) is 20.6. The zero-order valence-electron chi connectivity index (χ0n) is 35.5. The zero-order valence-corrected chi connectivity index (χ0v) is 36.4. The molecule has 0 amide bonds. The van der Waals surface area contributed by atoms with Gasteiger partial charge in [-0.3, -0.25) is 9.98 Å². The van der Waals surface area contributed by atoms with Gasteiger partial charge in [0.2, 0.25) is 0 Å². The molecule has 4 N–H and O–H groups in total. The van der Waals surface area contributed by atoms with Crippen molar-refractivity contribution in [2.75, 3.05) is 0 Å². The molecule has 0 saturated heterocycles. The van der Waals surface area contributed by atoms with Crippen molar-refractivity contribution in [3.8, 4) is 23.0 Å². The van der Waals surface area contributed by atoms with Crippen molar-refractivity contribution in [2.24, 2.45) is 9.98 Å². The number of carboxylic acid groups (broad SMARTS) is 2. The van der Waals surface area contributed by atoms with Crippen LogP contribution in [0.15, 0.2) is 82.8 Å². The Hall–Kier alpha value is -5.15. The molecule has 0 heterocycles. The number of aromatic carboxylic acids is 2. The van der Waals surface area contributed by atoms with Crippen LogP contribution in [-0.2, 0) is 29.3 Å². The van der Waals surface area contributed by atoms with Crippen molar-refractivity contribution in [1.29, 1.82) is 0 Å². The second-order valence-corrected chi connectivity index (χ2v) is 14.3. The standard InChI is InChI=1S/C32H48N2.2C8H8O4.Ni/c1-5-9-14-18-27-24-25-30(26-28(27)19-15-10-6-2)34-32(23-12-8-4)31(22-11-7-3)33-29-20-16-13-17-21-29;2*1-4-2-3-5(9)7(10)6(4)8(11)12;/h13,16-17,20-21,24-26H,5-12,14-15,18-19,22-23H2,1-4H3;2*2-3,9-10H,1H3,(H,11,12);/q;;;+2/p-2. The van der Waals surface area contributed by atoms with E-state index in [0.717, 1.165) is 37.1 Å². The number of phenolic OH excluding ortho intramolecular Hbond substituents is 2. The first-order chi connectivity index (χ1) is 27.8. The molecule has 11 heteroatoms. The summed E-state index contributed by atoms with van der Waals surface area (Å²) < 4.78 is 0. The second-order valence-electron chi connectivity index (χ2n) is 14.3. The van der Waals surface area contributed by atoms with E-state index in [4.69, 9.17) is 30.4 Å². The molecular formula is C48H62N2NiO8. The molecule has 0 fully saturated rings. The van der Waals surface area contributed by atoms with Gasteiger partial charge in [-0.25, -0.2) is 9.59 Å². The van der Waals surface area contributed by atoms with Crippen LogP contribution >= 0.6 is 0 Å². The monoisotopic (exact) mass is 852 g/mol. The fraction of sp³-hybridized carbons (Fsp3) is 0.417. The van der Waals surface area contributed by atoms with Gasteiger partial charge in [0, 0.05) is 0 Å². The van der Waals surface area contributed by atoms with Crippen molar-refractivity contribution >= 4 is 34.7 Å². The largest absolute Gasteiger partial charge is 2.00 e. The van der Waals surface area contributed by atoms with Crippen LogP contribution in [-0.4, -0.2) is 43.8 Å². The van der Waals surface area contributed by atoms with Gasteiger partial charge in [-0.2, -0.15) is 0 Å². The van der Waals surface area contributed by atoms with Gasteiger partial charge in [-0.15, -0.1) is 0 Å². The summed E-state index contributed by atoms with van der Waals surface area (Å²) in [6.07, 6.45) is 16.7. The maximum absolute atomic E-state index is 11.0. The Morgan fingerprint density at radius 1 is 0.542 bits per heavy atom. The summed E-state index contributed by atoms with van der Waals surface area (Å²) in [6.45, 7) is 12.1. The van der Waals surface area contributed by atoms with Crippen LogP contribution in [0, 0.1) is 13.8 Å². The van der Waals surface area contributed by atoms with Gasteiger partial charge in [-0.1, -0.05) is 114 Å². The van der Waals surface area contributed by atoms with E-state index >= 15 is 0 Å². The van der Waals surface area contributed by atoms with E-state index in [1.54, 1.807) is 0 Å². The minimum absolute atomic E-state index is 0. The summed E-state index contributed by atoms with van der Waals surface area (Å²) in [7, 11) is 0. The quantitative estimate of drug-likeness (QED) is 0.0407. The van der Waals surface area contributed by atoms with Crippen LogP contribution in [0.2, 0.25) is 0 Å². The minimum Gasteiger partial charge on any atom is -0.869 e. The van der Waals surface area contributed by atoms with Crippen molar-refractivity contribution in [1.82, 2.24) is 0 Å². The third-order valence-electron chi connectivity index (χ3n) is 9.56. The second kappa shape index (κ2) is 28.3. The molecule has 0 radical (unpaired) electrons. The average molecular weight is 854 g/mol. The third-order valence-corrected chi connectivity index (χ3v) is 9.56. The molecule has 0 aliphatic carbocycles. The van der Waals surface area contributed by atoms with E-state index in [1.165, 1.54) is 125 Å². The topological polar surface area (TPSA) is 186 Å². The Kier molecular flexibility index (Phi) is 24.9. The van der Waals surface area contributed by atoms with Crippen LogP contribution < -0.4 is 10.2 Å². The Balaban J connectivity index is 0.000000564. The molecule has 59 heavy (non-hydrogen) atoms. The number of carbonyl (C=O) groups is 2. The number of phenols is 2. The Morgan fingerprint density at radius 2 is 0.966 bits per heavy atom. The molecule has 0 spiro atoms. The fourth-order valence-electron chi connectivity index (χ4n) is 6.19. The van der Waals surface area contributed by atoms with Gasteiger partial charge < -0.3 is 30.6 Å². The third kappa shape index (κ3) is 17.7. The number of aryl methyl sites for hydroxylation is 4. The number of rotatable bonds is 19. The Morgan fingerprint density at radius 3 is 1.37 bits per heavy atom. The van der Waals surface area contributed by atoms with Gasteiger partial charge in [0.25, 0.3) is 0 Å². The molecular weight excluding hydrogens is 791 g/mol. The smallest absolute Gasteiger partial charge is 0.869 e. The van der Waals surface area contributed by atoms with E-state index in [2.05, 4.69) is 76.2 Å². The van der Waals surface area contributed by atoms with Gasteiger partial charge >= 0.3 is 28.4 Å². The molecule has 322 valence electrons. The van der Waals surface area contributed by atoms with E-state index < -0.39 is 34.9 Å². The van der Waals surface area contributed by atoms with Gasteiger partial charge in [0.05, 0.1) is 33.9 Å². The molecule has 4 aromatic carbocycles. The Labute approximate surface area is 360 Å². The predicted octanol–water partition coefficient (Wildman–Crippen LogP) is 11.3. The van der Waals surface area contributed by atoms with Gasteiger partial charge in [0.1, 0.15) is 11.5 Å². The molecule has 0 unspecified atom stereocenters. The van der Waals surface area contributed by atoms with Crippen molar-refractivity contribution < 1.29 is 56.7 Å². The molecule has 4 rings (SSSR count). The number of benzene rings is 4. The van der Waals surface area contributed by atoms with E-state index in [0.29, 0.717) is 11.1 Å². The summed E-state index contributed by atoms with van der Waals surface area (Å²) in [4.78, 5) is 31.3. The molecule has 4 aromatic rings. The van der Waals surface area contributed by atoms with E-state index in [9.17, 15) is 19.8 Å². The number of aliphatic imine (C=N–C) groups is 2. The number of hydrogen-bond donors (Lipinski definition) is 4. The summed E-state index contributed by atoms with van der Waals surface area (Å²) in [5.41, 5.74) is 7.50. The van der Waals surface area contributed by atoms with Crippen LogP contribution in [0.25, 0.3) is 0 Å². The zero-order chi connectivity index (χ0) is 43.0. The SMILES string of the molecule is CCCCCc1ccc(N=C(CCCC)C(CCCC)=Nc2ccccc2)cc1CCCCC.Cc1ccc(O)c([O-])c1C(=O)O.Cc1ccc(O)c([O-])c1C(=O)O.[Ni+2]. The van der Waals surface area contributed by atoms with Crippen LogP contribution in [0.5, 0.6) is 23.0 Å². The van der Waals surface area contributed by atoms with E-state index in [1.807, 2.05) is 0 Å². The molecule has 0 saturated carbocycles. The molecule has 0 bridgehead atoms. The van der Waals surface area contributed by atoms with Crippen LogP contribution in [0.3, 0.4) is 0 Å². The predicted molar refractivity (Wildman–Crippen MR) is 231 cm³/mol. The fourth-order valence-corrected chi connectivity index (χ4v) is 6.19. The summed E-state index contributed by atoms with van der Waals surface area (Å²) in [5.74, 6) is -5.34. The maximum Gasteiger partial charge on any atom is 2.00 e. The number of aromatic hydroxyl groups is 2. The number of unbranched alkanes of at least 4 members (excludes halogenated alkanes) is 6. The summed E-state index contributed by atoms with van der Waals surface area (Å²) in [6, 6.07) is 22.5. The van der Waals surface area contributed by atoms with Crippen molar-refractivity contribution in [3.05, 3.63) is 106 Å². The Bertz CT molecular complexity index is 1890. The minimum atomic E-state index is -1.31. The number of hydrogen-bond acceptors (Lipinski definition) is 8. The first-order valence-corrected chi connectivity index (χ1v) is 20.6. The van der Waals surface area contributed by atoms with Crippen LogP contribution in [0.4, 0.5) is 11.4 Å². The van der Waals surface area contributed by atoms with Gasteiger partial charge in [-0.05, 0) is 124 Å². The summed E-state index contributed by atoms with van der Waals surface area (Å²) in [5, 5.41) is 56.9. The molecule has 0 atom stereocenters. The summed E-state index contributed by atoms with van der Waals surface area (Å²) >= 11 is 0. The van der Waals surface area contributed by atoms with E-state index in [-0.39, 0.29) is 27.6 Å². The first kappa shape index (κ1) is 51.9. The number of nitrogens with zero attached hydrogens (tertiary/aromatic N) is 2. The number of carboxylic acids is 2. The van der Waals surface area contributed by atoms with Crippen molar-refractivity contribution in [3.63, 3.8) is 0 Å². The molecule has 0 aromatic heterocycles. The molecule has 0 aliphatic heterocycles. The number of para-hydroxylation sites is 1. The van der Waals surface area contributed by atoms with Crippen molar-refractivity contribution in [2.45, 2.75) is 131 Å². The normalized spacial score (nSPS) is 11.1. The molecule has 10 nitrogen and oxygen atoms in total. The maximum atomic E-state index is 11.0. The van der Waals surface area contributed by atoms with Gasteiger partial charge in [0.15, 0.2) is 0 Å². The molecule has 0 aliphatic rings.